The summed E-state index contributed by atoms with van der Waals surface area (Å²) in [6.45, 7) is 1.93. The van der Waals surface area contributed by atoms with E-state index in [1.165, 1.54) is 0 Å². The van der Waals surface area contributed by atoms with Gasteiger partial charge in [0.25, 0.3) is 0 Å². The van der Waals surface area contributed by atoms with Crippen molar-refractivity contribution in [1.82, 2.24) is 10.2 Å². The zero-order valence-electron chi connectivity index (χ0n) is 7.92. The molecule has 1 amide bonds. The second kappa shape index (κ2) is 3.61. The molecule has 1 fully saturated rings. The van der Waals surface area contributed by atoms with Crippen molar-refractivity contribution < 1.29 is 4.79 Å². The molecule has 0 saturated heterocycles. The Morgan fingerprint density at radius 2 is 2.17 bits per heavy atom. The number of carbonyl (C=O) groups is 1. The maximum Gasteiger partial charge on any atom is 0.229 e. The average Bonchev–Trinajstić information content (AvgIpc) is 2.84. The van der Waals surface area contributed by atoms with E-state index in [-0.39, 0.29) is 5.91 Å². The van der Waals surface area contributed by atoms with E-state index in [1.54, 1.807) is 4.90 Å². The van der Waals surface area contributed by atoms with Crippen molar-refractivity contribution in [2.24, 2.45) is 5.92 Å². The molecular weight excluding hydrogens is 152 g/mol. The summed E-state index contributed by atoms with van der Waals surface area (Å²) in [6.07, 6.45) is 3.96. The van der Waals surface area contributed by atoms with Crippen molar-refractivity contribution in [3.8, 4) is 0 Å². The molecule has 0 aromatic rings. The van der Waals surface area contributed by atoms with Crippen LogP contribution in [0, 0.1) is 5.92 Å². The SMILES string of the molecule is CN/C=C(\C)N(C)C(=O)C1CC1. The molecule has 3 heteroatoms. The van der Waals surface area contributed by atoms with E-state index >= 15 is 0 Å². The van der Waals surface area contributed by atoms with Gasteiger partial charge in [0.1, 0.15) is 0 Å². The predicted octanol–water partition coefficient (Wildman–Crippen LogP) is 0.935. The second-order valence-electron chi connectivity index (χ2n) is 3.25. The Hall–Kier alpha value is -0.990. The van der Waals surface area contributed by atoms with Crippen LogP contribution in [0.25, 0.3) is 0 Å². The topological polar surface area (TPSA) is 32.3 Å². The highest BCUT2D eigenvalue weighted by molar-refractivity contribution is 5.82. The van der Waals surface area contributed by atoms with Gasteiger partial charge < -0.3 is 10.2 Å². The highest BCUT2D eigenvalue weighted by Crippen LogP contribution is 2.31. The van der Waals surface area contributed by atoms with Crippen molar-refractivity contribution in [2.45, 2.75) is 19.8 Å². The molecule has 1 aliphatic carbocycles. The van der Waals surface area contributed by atoms with Gasteiger partial charge in [-0.2, -0.15) is 0 Å². The lowest BCUT2D eigenvalue weighted by Crippen LogP contribution is -2.27. The molecular formula is C9H16N2O. The molecule has 1 saturated carbocycles. The largest absolute Gasteiger partial charge is 0.393 e. The van der Waals surface area contributed by atoms with E-state index in [0.717, 1.165) is 18.5 Å². The fourth-order valence-corrected chi connectivity index (χ4v) is 1.08. The first-order valence-electron chi connectivity index (χ1n) is 4.28. The zero-order chi connectivity index (χ0) is 9.14. The van der Waals surface area contributed by atoms with Crippen molar-refractivity contribution in [2.75, 3.05) is 14.1 Å². The minimum atomic E-state index is 0.249. The summed E-state index contributed by atoms with van der Waals surface area (Å²) in [7, 11) is 3.66. The van der Waals surface area contributed by atoms with Gasteiger partial charge in [0.2, 0.25) is 5.91 Å². The third-order valence-electron chi connectivity index (χ3n) is 2.14. The van der Waals surface area contributed by atoms with Crippen LogP contribution in [0.5, 0.6) is 0 Å². The van der Waals surface area contributed by atoms with Crippen LogP contribution in [0.2, 0.25) is 0 Å². The molecule has 0 bridgehead atoms. The molecule has 12 heavy (non-hydrogen) atoms. The summed E-state index contributed by atoms with van der Waals surface area (Å²) >= 11 is 0. The van der Waals surface area contributed by atoms with Gasteiger partial charge >= 0.3 is 0 Å². The fraction of sp³-hybridized carbons (Fsp3) is 0.667. The molecule has 1 aliphatic rings. The number of nitrogens with one attached hydrogen (secondary N) is 1. The normalized spacial score (nSPS) is 17.4. The number of nitrogens with zero attached hydrogens (tertiary/aromatic N) is 1. The highest BCUT2D eigenvalue weighted by atomic mass is 16.2. The lowest BCUT2D eigenvalue weighted by atomic mass is 10.3. The molecule has 1 rings (SSSR count). The Morgan fingerprint density at radius 1 is 1.58 bits per heavy atom. The summed E-state index contributed by atoms with van der Waals surface area (Å²) < 4.78 is 0. The monoisotopic (exact) mass is 168 g/mol. The van der Waals surface area contributed by atoms with E-state index < -0.39 is 0 Å². The van der Waals surface area contributed by atoms with E-state index in [0.29, 0.717) is 5.92 Å². The van der Waals surface area contributed by atoms with Gasteiger partial charge in [-0.15, -0.1) is 0 Å². The standard InChI is InChI=1S/C9H16N2O/c1-7(6-10-2)11(3)9(12)8-4-5-8/h6,8,10H,4-5H2,1-3H3/b7-6+. The maximum absolute atomic E-state index is 11.5. The first-order valence-corrected chi connectivity index (χ1v) is 4.28. The molecule has 68 valence electrons. The maximum atomic E-state index is 11.5. The van der Waals surface area contributed by atoms with Crippen LogP contribution < -0.4 is 5.32 Å². The Kier molecular flexibility index (Phi) is 2.74. The van der Waals surface area contributed by atoms with E-state index in [2.05, 4.69) is 5.32 Å². The molecule has 0 spiro atoms. The van der Waals surface area contributed by atoms with E-state index in [1.807, 2.05) is 27.2 Å². The van der Waals surface area contributed by atoms with Gasteiger partial charge in [-0.3, -0.25) is 4.79 Å². The van der Waals surface area contributed by atoms with Gasteiger partial charge in [0.05, 0.1) is 0 Å². The first-order chi connectivity index (χ1) is 5.66. The molecule has 0 atom stereocenters. The van der Waals surface area contributed by atoms with Crippen LogP contribution in [0.4, 0.5) is 0 Å². The molecule has 0 heterocycles. The van der Waals surface area contributed by atoms with Crippen LogP contribution in [0.15, 0.2) is 11.9 Å². The number of carbonyl (C=O) groups excluding carboxylic acids is 1. The summed E-state index contributed by atoms with van der Waals surface area (Å²) in [5, 5.41) is 2.91. The molecule has 1 N–H and O–H groups in total. The zero-order valence-corrected chi connectivity index (χ0v) is 7.92. The van der Waals surface area contributed by atoms with E-state index in [9.17, 15) is 4.79 Å². The minimum absolute atomic E-state index is 0.249. The predicted molar refractivity (Wildman–Crippen MR) is 48.3 cm³/mol. The summed E-state index contributed by atoms with van der Waals surface area (Å²) in [4.78, 5) is 13.2. The van der Waals surface area contributed by atoms with Crippen molar-refractivity contribution >= 4 is 5.91 Å². The summed E-state index contributed by atoms with van der Waals surface area (Å²) in [5.74, 6) is 0.550. The van der Waals surface area contributed by atoms with Crippen LogP contribution in [-0.2, 0) is 4.79 Å². The molecule has 0 radical (unpaired) electrons. The number of hydrogen-bond donors (Lipinski definition) is 1. The van der Waals surface area contributed by atoms with Crippen molar-refractivity contribution in [3.05, 3.63) is 11.9 Å². The summed E-state index contributed by atoms with van der Waals surface area (Å²) in [5.41, 5.74) is 0.967. The Bertz CT molecular complexity index is 207. The number of hydrogen-bond acceptors (Lipinski definition) is 2. The van der Waals surface area contributed by atoms with Gasteiger partial charge in [-0.1, -0.05) is 0 Å². The molecule has 3 nitrogen and oxygen atoms in total. The quantitative estimate of drug-likeness (QED) is 0.680. The van der Waals surface area contributed by atoms with Crippen LogP contribution in [0.1, 0.15) is 19.8 Å². The summed E-state index contributed by atoms with van der Waals surface area (Å²) in [6, 6.07) is 0. The van der Waals surface area contributed by atoms with E-state index in [4.69, 9.17) is 0 Å². The Labute approximate surface area is 73.4 Å². The Balaban J connectivity index is 2.50. The Morgan fingerprint density at radius 3 is 2.58 bits per heavy atom. The van der Waals surface area contributed by atoms with Gasteiger partial charge in [-0.25, -0.2) is 0 Å². The first kappa shape index (κ1) is 9.10. The average molecular weight is 168 g/mol. The number of allylic oxidation sites excluding steroid dienone is 1. The van der Waals surface area contributed by atoms with Crippen LogP contribution >= 0.6 is 0 Å². The second-order valence-corrected chi connectivity index (χ2v) is 3.25. The third kappa shape index (κ3) is 2.00. The highest BCUT2D eigenvalue weighted by Gasteiger charge is 2.32. The number of rotatable bonds is 3. The van der Waals surface area contributed by atoms with Gasteiger partial charge in [-0.05, 0) is 19.8 Å². The van der Waals surface area contributed by atoms with Gasteiger partial charge in [0.15, 0.2) is 0 Å². The van der Waals surface area contributed by atoms with Gasteiger partial charge in [0, 0.05) is 31.9 Å². The smallest absolute Gasteiger partial charge is 0.229 e. The van der Waals surface area contributed by atoms with Crippen LogP contribution in [-0.4, -0.2) is 24.9 Å². The number of amides is 1. The fourth-order valence-electron chi connectivity index (χ4n) is 1.08. The minimum Gasteiger partial charge on any atom is -0.393 e. The lowest BCUT2D eigenvalue weighted by molar-refractivity contribution is -0.129. The lowest BCUT2D eigenvalue weighted by Gasteiger charge is -2.17. The van der Waals surface area contributed by atoms with Crippen molar-refractivity contribution in [1.29, 1.82) is 0 Å². The molecule has 0 aromatic heterocycles. The molecule has 0 unspecified atom stereocenters. The molecule has 0 aliphatic heterocycles. The third-order valence-corrected chi connectivity index (χ3v) is 2.14. The van der Waals surface area contributed by atoms with Crippen LogP contribution in [0.3, 0.4) is 0 Å². The van der Waals surface area contributed by atoms with Crippen molar-refractivity contribution in [3.63, 3.8) is 0 Å². The molecule has 0 aromatic carbocycles.